The number of ether oxygens (including phenoxy) is 1. The van der Waals surface area contributed by atoms with Crippen LogP contribution in [0.15, 0.2) is 54.6 Å². The van der Waals surface area contributed by atoms with Gasteiger partial charge in [-0.05, 0) is 24.6 Å². The van der Waals surface area contributed by atoms with Gasteiger partial charge in [0.25, 0.3) is 5.91 Å². The Kier molecular flexibility index (Phi) is 9.35. The second-order valence-electron chi connectivity index (χ2n) is 7.14. The van der Waals surface area contributed by atoms with Crippen LogP contribution >= 0.6 is 0 Å². The molecule has 2 aromatic carbocycles. The summed E-state index contributed by atoms with van der Waals surface area (Å²) in [6, 6.07) is 15.8. The van der Waals surface area contributed by atoms with E-state index >= 15 is 0 Å². The molecule has 0 aromatic heterocycles. The van der Waals surface area contributed by atoms with Gasteiger partial charge in [-0.3, -0.25) is 9.59 Å². The zero-order valence-electron chi connectivity index (χ0n) is 18.2. The van der Waals surface area contributed by atoms with E-state index in [9.17, 15) is 14.4 Å². The molecule has 0 aliphatic carbocycles. The lowest BCUT2D eigenvalue weighted by Gasteiger charge is -2.21. The van der Waals surface area contributed by atoms with Gasteiger partial charge in [0, 0.05) is 38.3 Å². The standard InChI is InChI=1S/C23H30N4O4/c1-4-19(18-12-8-9-13-20(18)31-16-22(29)27(2)3)26-21(28)14-15-24-23(30)25-17-10-6-5-7-11-17/h5-13,19H,4,14-16H2,1-3H3,(H,26,28)(H2,24,25,30). The molecule has 0 heterocycles. The highest BCUT2D eigenvalue weighted by molar-refractivity contribution is 5.89. The van der Waals surface area contributed by atoms with Crippen LogP contribution in [-0.2, 0) is 9.59 Å². The van der Waals surface area contributed by atoms with Gasteiger partial charge in [0.05, 0.1) is 6.04 Å². The van der Waals surface area contributed by atoms with E-state index in [-0.39, 0.29) is 43.5 Å². The van der Waals surface area contributed by atoms with E-state index in [0.29, 0.717) is 17.9 Å². The molecule has 0 radical (unpaired) electrons. The van der Waals surface area contributed by atoms with Crippen molar-refractivity contribution in [2.24, 2.45) is 0 Å². The summed E-state index contributed by atoms with van der Waals surface area (Å²) >= 11 is 0. The normalized spacial score (nSPS) is 11.2. The summed E-state index contributed by atoms with van der Waals surface area (Å²) in [5.74, 6) is 0.225. The fourth-order valence-corrected chi connectivity index (χ4v) is 2.82. The molecule has 3 N–H and O–H groups in total. The monoisotopic (exact) mass is 426 g/mol. The number of nitrogens with one attached hydrogen (secondary N) is 3. The van der Waals surface area contributed by atoms with Crippen LogP contribution in [0.2, 0.25) is 0 Å². The highest BCUT2D eigenvalue weighted by Crippen LogP contribution is 2.27. The maximum Gasteiger partial charge on any atom is 0.319 e. The minimum absolute atomic E-state index is 0.0746. The molecule has 8 heteroatoms. The third-order valence-corrected chi connectivity index (χ3v) is 4.56. The number of benzene rings is 2. The van der Waals surface area contributed by atoms with Crippen LogP contribution in [0, 0.1) is 0 Å². The van der Waals surface area contributed by atoms with Crippen LogP contribution in [0.25, 0.3) is 0 Å². The Bertz CT molecular complexity index is 871. The zero-order valence-corrected chi connectivity index (χ0v) is 18.2. The lowest BCUT2D eigenvalue weighted by molar-refractivity contribution is -0.130. The Morgan fingerprint density at radius 2 is 1.68 bits per heavy atom. The molecule has 1 unspecified atom stereocenters. The fourth-order valence-electron chi connectivity index (χ4n) is 2.82. The molecule has 0 aliphatic rings. The van der Waals surface area contributed by atoms with Crippen molar-refractivity contribution >= 4 is 23.5 Å². The molecule has 0 saturated heterocycles. The Balaban J connectivity index is 1.86. The smallest absolute Gasteiger partial charge is 0.319 e. The Hall–Kier alpha value is -3.55. The Morgan fingerprint density at radius 3 is 2.35 bits per heavy atom. The van der Waals surface area contributed by atoms with Crippen LogP contribution in [0.4, 0.5) is 10.5 Å². The summed E-state index contributed by atoms with van der Waals surface area (Å²) in [6.45, 7) is 2.09. The molecule has 4 amide bonds. The number of carbonyl (C=O) groups is 3. The van der Waals surface area contributed by atoms with Crippen LogP contribution in [-0.4, -0.2) is 50.0 Å². The molecule has 8 nitrogen and oxygen atoms in total. The summed E-state index contributed by atoms with van der Waals surface area (Å²) < 4.78 is 5.69. The van der Waals surface area contributed by atoms with E-state index in [1.807, 2.05) is 43.3 Å². The molecule has 0 fully saturated rings. The molecule has 2 aromatic rings. The van der Waals surface area contributed by atoms with Gasteiger partial charge in [-0.15, -0.1) is 0 Å². The summed E-state index contributed by atoms with van der Waals surface area (Å²) in [6.07, 6.45) is 0.788. The van der Waals surface area contributed by atoms with E-state index < -0.39 is 0 Å². The third-order valence-electron chi connectivity index (χ3n) is 4.56. The van der Waals surface area contributed by atoms with Gasteiger partial charge in [0.15, 0.2) is 6.61 Å². The molecular formula is C23H30N4O4. The van der Waals surface area contributed by atoms with Gasteiger partial charge in [-0.2, -0.15) is 0 Å². The Morgan fingerprint density at radius 1 is 1.00 bits per heavy atom. The van der Waals surface area contributed by atoms with Gasteiger partial charge in [0.2, 0.25) is 5.91 Å². The number of hydrogen-bond donors (Lipinski definition) is 3. The summed E-state index contributed by atoms with van der Waals surface area (Å²) in [7, 11) is 3.33. The predicted octanol–water partition coefficient (Wildman–Crippen LogP) is 2.93. The first-order valence-corrected chi connectivity index (χ1v) is 10.2. The van der Waals surface area contributed by atoms with Crippen LogP contribution in [0.3, 0.4) is 0 Å². The highest BCUT2D eigenvalue weighted by Gasteiger charge is 2.18. The lowest BCUT2D eigenvalue weighted by atomic mass is 10.0. The summed E-state index contributed by atoms with van der Waals surface area (Å²) in [4.78, 5) is 37.6. The molecule has 1 atom stereocenters. The molecule has 0 saturated carbocycles. The predicted molar refractivity (Wildman–Crippen MR) is 120 cm³/mol. The Labute approximate surface area is 183 Å². The van der Waals surface area contributed by atoms with Gasteiger partial charge in [-0.1, -0.05) is 43.3 Å². The molecule has 0 bridgehead atoms. The second kappa shape index (κ2) is 12.2. The lowest BCUT2D eigenvalue weighted by Crippen LogP contribution is -2.34. The van der Waals surface area contributed by atoms with Crippen molar-refractivity contribution in [1.82, 2.24) is 15.5 Å². The van der Waals surface area contributed by atoms with Crippen molar-refractivity contribution < 1.29 is 19.1 Å². The summed E-state index contributed by atoms with van der Waals surface area (Å²) in [5, 5.41) is 8.34. The highest BCUT2D eigenvalue weighted by atomic mass is 16.5. The average Bonchev–Trinajstić information content (AvgIpc) is 2.76. The van der Waals surface area contributed by atoms with E-state index in [1.54, 1.807) is 32.3 Å². The maximum absolute atomic E-state index is 12.4. The largest absolute Gasteiger partial charge is 0.483 e. The average molecular weight is 427 g/mol. The van der Waals surface area contributed by atoms with Crippen molar-refractivity contribution in [2.75, 3.05) is 32.6 Å². The molecule has 166 valence electrons. The fraction of sp³-hybridized carbons (Fsp3) is 0.348. The van der Waals surface area contributed by atoms with Crippen molar-refractivity contribution in [1.29, 1.82) is 0 Å². The van der Waals surface area contributed by atoms with Crippen LogP contribution < -0.4 is 20.7 Å². The van der Waals surface area contributed by atoms with Crippen LogP contribution in [0.1, 0.15) is 31.4 Å². The number of para-hydroxylation sites is 2. The number of likely N-dealkylation sites (N-methyl/N-ethyl adjacent to an activating group) is 1. The quantitative estimate of drug-likeness (QED) is 0.544. The van der Waals surface area contributed by atoms with Crippen molar-refractivity contribution in [2.45, 2.75) is 25.8 Å². The zero-order chi connectivity index (χ0) is 22.6. The first-order chi connectivity index (χ1) is 14.9. The third kappa shape index (κ3) is 8.00. The van der Waals surface area contributed by atoms with E-state index in [2.05, 4.69) is 16.0 Å². The van der Waals surface area contributed by atoms with Crippen molar-refractivity contribution in [3.8, 4) is 5.75 Å². The number of rotatable bonds is 10. The van der Waals surface area contributed by atoms with Gasteiger partial charge in [0.1, 0.15) is 5.75 Å². The second-order valence-corrected chi connectivity index (χ2v) is 7.14. The molecule has 0 aliphatic heterocycles. The first-order valence-electron chi connectivity index (χ1n) is 10.2. The minimum atomic E-state index is -0.365. The SMILES string of the molecule is CCC(NC(=O)CCNC(=O)Nc1ccccc1)c1ccccc1OCC(=O)N(C)C. The molecule has 31 heavy (non-hydrogen) atoms. The molecular weight excluding hydrogens is 396 g/mol. The number of urea groups is 1. The van der Waals surface area contributed by atoms with Crippen molar-refractivity contribution in [3.05, 3.63) is 60.2 Å². The van der Waals surface area contributed by atoms with Gasteiger partial charge >= 0.3 is 6.03 Å². The van der Waals surface area contributed by atoms with Crippen molar-refractivity contribution in [3.63, 3.8) is 0 Å². The van der Waals surface area contributed by atoms with Gasteiger partial charge < -0.3 is 25.6 Å². The van der Waals surface area contributed by atoms with Gasteiger partial charge in [-0.25, -0.2) is 4.79 Å². The van der Waals surface area contributed by atoms with E-state index in [0.717, 1.165) is 5.56 Å². The maximum atomic E-state index is 12.4. The topological polar surface area (TPSA) is 99.8 Å². The number of hydrogen-bond acceptors (Lipinski definition) is 4. The molecule has 0 spiro atoms. The molecule has 2 rings (SSSR count). The number of nitrogens with zero attached hydrogens (tertiary/aromatic N) is 1. The van der Waals surface area contributed by atoms with Crippen LogP contribution in [0.5, 0.6) is 5.75 Å². The summed E-state index contributed by atoms with van der Waals surface area (Å²) in [5.41, 5.74) is 1.49. The number of anilines is 1. The minimum Gasteiger partial charge on any atom is -0.483 e. The number of carbonyl (C=O) groups excluding carboxylic acids is 3. The van der Waals surface area contributed by atoms with E-state index in [1.165, 1.54) is 4.90 Å². The number of amides is 4. The first kappa shape index (κ1) is 23.7. The van der Waals surface area contributed by atoms with E-state index in [4.69, 9.17) is 4.74 Å².